The SMILES string of the molecule is C=CC1=CCCC(C)C1O. The van der Waals surface area contributed by atoms with Gasteiger partial charge in [0.25, 0.3) is 0 Å². The zero-order valence-electron chi connectivity index (χ0n) is 6.38. The van der Waals surface area contributed by atoms with E-state index in [9.17, 15) is 5.11 Å². The summed E-state index contributed by atoms with van der Waals surface area (Å²) in [5, 5.41) is 9.50. The van der Waals surface area contributed by atoms with Crippen LogP contribution in [-0.2, 0) is 0 Å². The molecule has 0 spiro atoms. The minimum atomic E-state index is -0.272. The van der Waals surface area contributed by atoms with Crippen molar-refractivity contribution in [2.75, 3.05) is 0 Å². The van der Waals surface area contributed by atoms with Gasteiger partial charge in [0.15, 0.2) is 0 Å². The van der Waals surface area contributed by atoms with E-state index in [-0.39, 0.29) is 6.10 Å². The predicted molar refractivity (Wildman–Crippen MR) is 42.7 cm³/mol. The summed E-state index contributed by atoms with van der Waals surface area (Å²) in [5.74, 6) is 0.401. The lowest BCUT2D eigenvalue weighted by Gasteiger charge is -2.23. The summed E-state index contributed by atoms with van der Waals surface area (Å²) in [6, 6.07) is 0. The van der Waals surface area contributed by atoms with Crippen LogP contribution < -0.4 is 0 Å². The minimum absolute atomic E-state index is 0.272. The number of hydrogen-bond donors (Lipinski definition) is 1. The van der Waals surface area contributed by atoms with Crippen LogP contribution >= 0.6 is 0 Å². The van der Waals surface area contributed by atoms with Crippen molar-refractivity contribution in [3.63, 3.8) is 0 Å². The standard InChI is InChI=1S/C9H14O/c1-3-8-6-4-5-7(2)9(8)10/h3,6-7,9-10H,1,4-5H2,2H3. The average molecular weight is 138 g/mol. The van der Waals surface area contributed by atoms with E-state index in [1.54, 1.807) is 6.08 Å². The third kappa shape index (κ3) is 1.29. The molecule has 0 aliphatic heterocycles. The first-order valence-corrected chi connectivity index (χ1v) is 3.76. The van der Waals surface area contributed by atoms with Crippen molar-refractivity contribution in [2.45, 2.75) is 25.9 Å². The topological polar surface area (TPSA) is 20.2 Å². The maximum atomic E-state index is 9.50. The first-order chi connectivity index (χ1) is 4.75. The Labute approximate surface area is 62.1 Å². The molecule has 0 bridgehead atoms. The molecule has 0 heterocycles. The first-order valence-electron chi connectivity index (χ1n) is 3.76. The molecule has 0 saturated heterocycles. The van der Waals surface area contributed by atoms with E-state index < -0.39 is 0 Å². The van der Waals surface area contributed by atoms with Crippen LogP contribution in [-0.4, -0.2) is 11.2 Å². The van der Waals surface area contributed by atoms with Gasteiger partial charge in [-0.25, -0.2) is 0 Å². The quantitative estimate of drug-likeness (QED) is 0.586. The molecule has 0 amide bonds. The Bertz CT molecular complexity index is 158. The highest BCUT2D eigenvalue weighted by molar-refractivity contribution is 5.23. The summed E-state index contributed by atoms with van der Waals surface area (Å²) in [6.07, 6.45) is 5.72. The van der Waals surface area contributed by atoms with Gasteiger partial charge in [0.05, 0.1) is 6.10 Å². The van der Waals surface area contributed by atoms with Crippen LogP contribution in [0.5, 0.6) is 0 Å². The molecule has 0 fully saturated rings. The van der Waals surface area contributed by atoms with Gasteiger partial charge >= 0.3 is 0 Å². The molecule has 1 aliphatic carbocycles. The van der Waals surface area contributed by atoms with Gasteiger partial charge in [0.2, 0.25) is 0 Å². The maximum absolute atomic E-state index is 9.50. The van der Waals surface area contributed by atoms with Gasteiger partial charge < -0.3 is 5.11 Å². The Morgan fingerprint density at radius 1 is 1.80 bits per heavy atom. The molecule has 0 saturated carbocycles. The van der Waals surface area contributed by atoms with Gasteiger partial charge in [0, 0.05) is 0 Å². The summed E-state index contributed by atoms with van der Waals surface area (Å²) in [5.41, 5.74) is 0.999. The van der Waals surface area contributed by atoms with Crippen LogP contribution in [0.4, 0.5) is 0 Å². The lowest BCUT2D eigenvalue weighted by Crippen LogP contribution is -2.22. The molecule has 0 aromatic heterocycles. The van der Waals surface area contributed by atoms with Crippen LogP contribution in [0.25, 0.3) is 0 Å². The van der Waals surface area contributed by atoms with Crippen molar-refractivity contribution in [1.29, 1.82) is 0 Å². The maximum Gasteiger partial charge on any atom is 0.0812 e. The van der Waals surface area contributed by atoms with Crippen LogP contribution in [0, 0.1) is 5.92 Å². The molecule has 0 aromatic rings. The van der Waals surface area contributed by atoms with Crippen LogP contribution in [0.3, 0.4) is 0 Å². The number of rotatable bonds is 1. The van der Waals surface area contributed by atoms with E-state index >= 15 is 0 Å². The van der Waals surface area contributed by atoms with Crippen molar-refractivity contribution in [2.24, 2.45) is 5.92 Å². The molecule has 1 nitrogen and oxygen atoms in total. The highest BCUT2D eigenvalue weighted by Crippen LogP contribution is 2.24. The van der Waals surface area contributed by atoms with E-state index in [2.05, 4.69) is 19.6 Å². The second kappa shape index (κ2) is 3.02. The van der Waals surface area contributed by atoms with Crippen molar-refractivity contribution in [3.05, 3.63) is 24.3 Å². The van der Waals surface area contributed by atoms with E-state index in [1.165, 1.54) is 0 Å². The van der Waals surface area contributed by atoms with Gasteiger partial charge in [-0.2, -0.15) is 0 Å². The largest absolute Gasteiger partial charge is 0.388 e. The van der Waals surface area contributed by atoms with Gasteiger partial charge in [0.1, 0.15) is 0 Å². The smallest absolute Gasteiger partial charge is 0.0812 e. The molecule has 1 aliphatic rings. The fourth-order valence-electron chi connectivity index (χ4n) is 1.32. The van der Waals surface area contributed by atoms with E-state index in [1.807, 2.05) is 0 Å². The second-order valence-electron chi connectivity index (χ2n) is 2.91. The molecule has 1 N–H and O–H groups in total. The fraction of sp³-hybridized carbons (Fsp3) is 0.556. The lowest BCUT2D eigenvalue weighted by molar-refractivity contribution is 0.142. The molecule has 0 radical (unpaired) electrons. The van der Waals surface area contributed by atoms with Gasteiger partial charge in [-0.1, -0.05) is 25.7 Å². The third-order valence-electron chi connectivity index (χ3n) is 2.12. The van der Waals surface area contributed by atoms with Crippen LogP contribution in [0.1, 0.15) is 19.8 Å². The average Bonchev–Trinajstić information content (AvgIpc) is 1.95. The third-order valence-corrected chi connectivity index (χ3v) is 2.12. The Morgan fingerprint density at radius 3 is 3.00 bits per heavy atom. The van der Waals surface area contributed by atoms with Crippen molar-refractivity contribution in [3.8, 4) is 0 Å². The van der Waals surface area contributed by atoms with Gasteiger partial charge in [-0.3, -0.25) is 0 Å². The summed E-state index contributed by atoms with van der Waals surface area (Å²) in [4.78, 5) is 0. The first kappa shape index (κ1) is 7.55. The fourth-order valence-corrected chi connectivity index (χ4v) is 1.32. The summed E-state index contributed by atoms with van der Waals surface area (Å²) < 4.78 is 0. The van der Waals surface area contributed by atoms with Gasteiger partial charge in [-0.15, -0.1) is 0 Å². The molecule has 10 heavy (non-hydrogen) atoms. The lowest BCUT2D eigenvalue weighted by atomic mass is 9.87. The molecule has 2 unspecified atom stereocenters. The number of aliphatic hydroxyl groups excluding tert-OH is 1. The monoisotopic (exact) mass is 138 g/mol. The molecular formula is C9H14O. The summed E-state index contributed by atoms with van der Waals surface area (Å²) in [7, 11) is 0. The molecule has 56 valence electrons. The number of aliphatic hydroxyl groups is 1. The molecule has 2 atom stereocenters. The Hall–Kier alpha value is -0.560. The summed E-state index contributed by atoms with van der Waals surface area (Å²) in [6.45, 7) is 5.71. The summed E-state index contributed by atoms with van der Waals surface area (Å²) >= 11 is 0. The highest BCUT2D eigenvalue weighted by atomic mass is 16.3. The Morgan fingerprint density at radius 2 is 2.50 bits per heavy atom. The minimum Gasteiger partial charge on any atom is -0.388 e. The number of hydrogen-bond acceptors (Lipinski definition) is 1. The van der Waals surface area contributed by atoms with E-state index in [0.717, 1.165) is 18.4 Å². The van der Waals surface area contributed by atoms with Crippen LogP contribution in [0.15, 0.2) is 24.3 Å². The van der Waals surface area contributed by atoms with Crippen molar-refractivity contribution >= 4 is 0 Å². The van der Waals surface area contributed by atoms with E-state index in [4.69, 9.17) is 0 Å². The molecule has 0 aromatic carbocycles. The molecular weight excluding hydrogens is 124 g/mol. The zero-order chi connectivity index (χ0) is 7.56. The van der Waals surface area contributed by atoms with Crippen LogP contribution in [0.2, 0.25) is 0 Å². The Kier molecular flexibility index (Phi) is 2.28. The Balaban J connectivity index is 2.71. The molecule has 1 rings (SSSR count). The van der Waals surface area contributed by atoms with Crippen molar-refractivity contribution < 1.29 is 5.11 Å². The second-order valence-corrected chi connectivity index (χ2v) is 2.91. The molecule has 1 heteroatoms. The number of allylic oxidation sites excluding steroid dienone is 1. The predicted octanol–water partition coefficient (Wildman–Crippen LogP) is 1.89. The highest BCUT2D eigenvalue weighted by Gasteiger charge is 2.19. The van der Waals surface area contributed by atoms with Crippen molar-refractivity contribution in [1.82, 2.24) is 0 Å². The zero-order valence-corrected chi connectivity index (χ0v) is 6.38. The van der Waals surface area contributed by atoms with Gasteiger partial charge in [-0.05, 0) is 24.3 Å². The van der Waals surface area contributed by atoms with E-state index in [0.29, 0.717) is 5.92 Å². The normalized spacial score (nSPS) is 33.2.